The molecule has 0 spiro atoms. The second kappa shape index (κ2) is 9.49. The van der Waals surface area contributed by atoms with Gasteiger partial charge in [-0.25, -0.2) is 9.97 Å². The van der Waals surface area contributed by atoms with Crippen LogP contribution in [0.15, 0.2) is 61.4 Å². The number of hydrogen-bond acceptors (Lipinski definition) is 7. The summed E-state index contributed by atoms with van der Waals surface area (Å²) < 4.78 is 0. The van der Waals surface area contributed by atoms with Gasteiger partial charge in [0.2, 0.25) is 0 Å². The van der Waals surface area contributed by atoms with Crippen LogP contribution in [0.2, 0.25) is 0 Å². The standard InChI is InChI=1S/C24H27N7O/c1-3-17-6-4-5-7-20(17)28-21-14-23(27-16-19(21)24(25)32)29-22-9-8-18(15-26-22)31-12-10-30(2)11-13-31/h3-9,14-16H,1,10-13H2,2H3,(H2,25,32)(H2,26,27,28,29). The number of pyridine rings is 2. The van der Waals surface area contributed by atoms with E-state index in [2.05, 4.69) is 50.1 Å². The average molecular weight is 430 g/mol. The van der Waals surface area contributed by atoms with E-state index in [4.69, 9.17) is 5.73 Å². The number of amides is 1. The molecule has 0 bridgehead atoms. The van der Waals surface area contributed by atoms with Gasteiger partial charge in [0.15, 0.2) is 0 Å². The number of benzene rings is 1. The molecule has 2 aromatic heterocycles. The molecular weight excluding hydrogens is 402 g/mol. The van der Waals surface area contributed by atoms with Crippen molar-refractivity contribution >= 4 is 40.7 Å². The summed E-state index contributed by atoms with van der Waals surface area (Å²) in [5, 5.41) is 6.47. The van der Waals surface area contributed by atoms with Crippen molar-refractivity contribution in [1.29, 1.82) is 0 Å². The van der Waals surface area contributed by atoms with E-state index in [1.807, 2.05) is 36.5 Å². The molecule has 0 aliphatic carbocycles. The van der Waals surface area contributed by atoms with Crippen LogP contribution in [0.3, 0.4) is 0 Å². The second-order valence-corrected chi connectivity index (χ2v) is 7.71. The number of aromatic nitrogens is 2. The molecule has 1 amide bonds. The summed E-state index contributed by atoms with van der Waals surface area (Å²) in [5.74, 6) is 0.658. The summed E-state index contributed by atoms with van der Waals surface area (Å²) in [7, 11) is 2.14. The average Bonchev–Trinajstić information content (AvgIpc) is 2.80. The molecule has 3 aromatic rings. The van der Waals surface area contributed by atoms with Crippen LogP contribution in [0, 0.1) is 0 Å². The zero-order valence-electron chi connectivity index (χ0n) is 18.1. The van der Waals surface area contributed by atoms with Crippen LogP contribution in [0.4, 0.5) is 28.7 Å². The molecule has 1 fully saturated rings. The Hall–Kier alpha value is -3.91. The molecular formula is C24H27N7O. The molecule has 3 heterocycles. The number of para-hydroxylation sites is 1. The van der Waals surface area contributed by atoms with E-state index >= 15 is 0 Å². The van der Waals surface area contributed by atoms with Gasteiger partial charge in [-0.3, -0.25) is 4.79 Å². The summed E-state index contributed by atoms with van der Waals surface area (Å²) in [6.45, 7) is 7.90. The van der Waals surface area contributed by atoms with Crippen molar-refractivity contribution in [2.24, 2.45) is 5.73 Å². The van der Waals surface area contributed by atoms with E-state index in [-0.39, 0.29) is 0 Å². The summed E-state index contributed by atoms with van der Waals surface area (Å²) in [4.78, 5) is 25.4. The Morgan fingerprint density at radius 1 is 1.00 bits per heavy atom. The highest BCUT2D eigenvalue weighted by Gasteiger charge is 2.15. The number of rotatable bonds is 7. The van der Waals surface area contributed by atoms with Crippen molar-refractivity contribution in [2.75, 3.05) is 48.8 Å². The van der Waals surface area contributed by atoms with E-state index in [0.29, 0.717) is 22.9 Å². The lowest BCUT2D eigenvalue weighted by atomic mass is 10.1. The van der Waals surface area contributed by atoms with Gasteiger partial charge in [-0.05, 0) is 30.8 Å². The SMILES string of the molecule is C=Cc1ccccc1Nc1cc(Nc2ccc(N3CCN(C)CC3)cn2)ncc1C(N)=O. The smallest absolute Gasteiger partial charge is 0.252 e. The van der Waals surface area contributed by atoms with E-state index in [9.17, 15) is 4.79 Å². The maximum atomic E-state index is 11.9. The molecule has 164 valence electrons. The summed E-state index contributed by atoms with van der Waals surface area (Å²) >= 11 is 0. The molecule has 4 N–H and O–H groups in total. The van der Waals surface area contributed by atoms with Crippen molar-refractivity contribution in [1.82, 2.24) is 14.9 Å². The summed E-state index contributed by atoms with van der Waals surface area (Å²) in [5.41, 5.74) is 9.24. The predicted octanol–water partition coefficient (Wildman–Crippen LogP) is 3.46. The minimum atomic E-state index is -0.558. The predicted molar refractivity (Wildman–Crippen MR) is 130 cm³/mol. The Morgan fingerprint density at radius 2 is 1.75 bits per heavy atom. The number of nitrogens with zero attached hydrogens (tertiary/aromatic N) is 4. The molecule has 0 unspecified atom stereocenters. The fourth-order valence-electron chi connectivity index (χ4n) is 3.60. The monoisotopic (exact) mass is 429 g/mol. The van der Waals surface area contributed by atoms with Crippen LogP contribution in [0.25, 0.3) is 6.08 Å². The highest BCUT2D eigenvalue weighted by molar-refractivity contribution is 5.99. The lowest BCUT2D eigenvalue weighted by Gasteiger charge is -2.33. The summed E-state index contributed by atoms with van der Waals surface area (Å²) in [6, 6.07) is 13.4. The Labute approximate surface area is 187 Å². The summed E-state index contributed by atoms with van der Waals surface area (Å²) in [6.07, 6.45) is 5.07. The van der Waals surface area contributed by atoms with Crippen molar-refractivity contribution in [3.05, 3.63) is 72.6 Å². The molecule has 32 heavy (non-hydrogen) atoms. The van der Waals surface area contributed by atoms with E-state index < -0.39 is 5.91 Å². The van der Waals surface area contributed by atoms with E-state index in [0.717, 1.165) is 43.1 Å². The molecule has 1 aliphatic rings. The largest absolute Gasteiger partial charge is 0.368 e. The number of hydrogen-bond donors (Lipinski definition) is 3. The number of carbonyl (C=O) groups excluding carboxylic acids is 1. The minimum absolute atomic E-state index is 0.299. The first-order valence-corrected chi connectivity index (χ1v) is 10.5. The first-order valence-electron chi connectivity index (χ1n) is 10.5. The molecule has 0 atom stereocenters. The van der Waals surface area contributed by atoms with Crippen LogP contribution in [-0.4, -0.2) is 54.0 Å². The molecule has 8 heteroatoms. The normalized spacial score (nSPS) is 14.1. The highest BCUT2D eigenvalue weighted by atomic mass is 16.1. The third kappa shape index (κ3) is 4.87. The van der Waals surface area contributed by atoms with Crippen LogP contribution < -0.4 is 21.3 Å². The van der Waals surface area contributed by atoms with Gasteiger partial charge in [0.25, 0.3) is 5.91 Å². The first kappa shape index (κ1) is 21.3. The Kier molecular flexibility index (Phi) is 6.32. The number of nitrogens with one attached hydrogen (secondary N) is 2. The quantitative estimate of drug-likeness (QED) is 0.529. The van der Waals surface area contributed by atoms with Gasteiger partial charge < -0.3 is 26.2 Å². The topological polar surface area (TPSA) is 99.4 Å². The second-order valence-electron chi connectivity index (χ2n) is 7.71. The Bertz CT molecular complexity index is 1110. The van der Waals surface area contributed by atoms with Gasteiger partial charge in [-0.2, -0.15) is 0 Å². The van der Waals surface area contributed by atoms with Crippen LogP contribution in [0.1, 0.15) is 15.9 Å². The Morgan fingerprint density at radius 3 is 2.44 bits per heavy atom. The lowest BCUT2D eigenvalue weighted by Crippen LogP contribution is -2.44. The molecule has 8 nitrogen and oxygen atoms in total. The van der Waals surface area contributed by atoms with Crippen LogP contribution in [0.5, 0.6) is 0 Å². The maximum absolute atomic E-state index is 11.9. The number of anilines is 5. The van der Waals surface area contributed by atoms with Gasteiger partial charge >= 0.3 is 0 Å². The van der Waals surface area contributed by atoms with Gasteiger partial charge in [0, 0.05) is 44.1 Å². The van der Waals surface area contributed by atoms with Crippen molar-refractivity contribution in [3.8, 4) is 0 Å². The minimum Gasteiger partial charge on any atom is -0.368 e. The number of nitrogens with two attached hydrogens (primary N) is 1. The highest BCUT2D eigenvalue weighted by Crippen LogP contribution is 2.27. The molecule has 0 radical (unpaired) electrons. The third-order valence-corrected chi connectivity index (χ3v) is 5.49. The van der Waals surface area contributed by atoms with E-state index in [1.54, 1.807) is 12.1 Å². The molecule has 4 rings (SSSR count). The van der Waals surface area contributed by atoms with Crippen molar-refractivity contribution < 1.29 is 4.79 Å². The maximum Gasteiger partial charge on any atom is 0.252 e. The number of carbonyl (C=O) groups is 1. The fraction of sp³-hybridized carbons (Fsp3) is 0.208. The number of piperazine rings is 1. The fourth-order valence-corrected chi connectivity index (χ4v) is 3.60. The zero-order chi connectivity index (χ0) is 22.5. The number of primary amides is 1. The number of likely N-dealkylation sites (N-methyl/N-ethyl adjacent to an activating group) is 1. The van der Waals surface area contributed by atoms with Crippen LogP contribution >= 0.6 is 0 Å². The zero-order valence-corrected chi connectivity index (χ0v) is 18.1. The van der Waals surface area contributed by atoms with Crippen molar-refractivity contribution in [2.45, 2.75) is 0 Å². The lowest BCUT2D eigenvalue weighted by molar-refractivity contribution is 0.100. The molecule has 1 saturated heterocycles. The van der Waals surface area contributed by atoms with Crippen LogP contribution in [-0.2, 0) is 0 Å². The molecule has 1 aromatic carbocycles. The first-order chi connectivity index (χ1) is 15.5. The molecule has 0 saturated carbocycles. The molecule has 1 aliphatic heterocycles. The third-order valence-electron chi connectivity index (χ3n) is 5.49. The van der Waals surface area contributed by atoms with Gasteiger partial charge in [-0.1, -0.05) is 30.9 Å². The Balaban J connectivity index is 1.53. The van der Waals surface area contributed by atoms with Gasteiger partial charge in [0.1, 0.15) is 11.6 Å². The van der Waals surface area contributed by atoms with E-state index in [1.165, 1.54) is 6.20 Å². The van der Waals surface area contributed by atoms with Gasteiger partial charge in [0.05, 0.1) is 23.1 Å². The van der Waals surface area contributed by atoms with Gasteiger partial charge in [-0.15, -0.1) is 0 Å². The van der Waals surface area contributed by atoms with Crippen molar-refractivity contribution in [3.63, 3.8) is 0 Å².